The molecule has 2 rings (SSSR count). The van der Waals surface area contributed by atoms with Crippen molar-refractivity contribution in [3.63, 3.8) is 0 Å². The monoisotopic (exact) mass is 282 g/mol. The zero-order valence-corrected chi connectivity index (χ0v) is 9.98. The second-order valence-corrected chi connectivity index (χ2v) is 4.04. The van der Waals surface area contributed by atoms with Crippen molar-refractivity contribution in [2.75, 3.05) is 5.73 Å². The van der Waals surface area contributed by atoms with Crippen molar-refractivity contribution in [1.29, 1.82) is 0 Å². The highest BCUT2D eigenvalue weighted by Crippen LogP contribution is 2.33. The number of carbonyl (C=O) groups is 1. The molecule has 7 heteroatoms. The number of anilines is 1. The quantitative estimate of drug-likeness (QED) is 0.887. The maximum Gasteiger partial charge on any atom is 0.416 e. The second kappa shape index (κ2) is 4.84. The number of nitrogens with two attached hydrogens (primary N) is 1. The number of carboxylic acids is 1. The molecule has 0 atom stereocenters. The summed E-state index contributed by atoms with van der Waals surface area (Å²) in [6, 6.07) is 5.49. The molecule has 0 fully saturated rings. The van der Waals surface area contributed by atoms with E-state index in [2.05, 4.69) is 4.98 Å². The van der Waals surface area contributed by atoms with Crippen molar-refractivity contribution >= 4 is 11.8 Å². The van der Waals surface area contributed by atoms with Gasteiger partial charge in [0.05, 0.1) is 11.1 Å². The molecule has 0 radical (unpaired) electrons. The minimum absolute atomic E-state index is 0.0156. The van der Waals surface area contributed by atoms with Gasteiger partial charge < -0.3 is 10.8 Å². The van der Waals surface area contributed by atoms with Crippen molar-refractivity contribution in [2.24, 2.45) is 0 Å². The van der Waals surface area contributed by atoms with Crippen LogP contribution in [0, 0.1) is 0 Å². The Hall–Kier alpha value is -2.57. The maximum atomic E-state index is 12.7. The fourth-order valence-corrected chi connectivity index (χ4v) is 1.74. The van der Waals surface area contributed by atoms with E-state index < -0.39 is 17.7 Å². The number of carboxylic acid groups (broad SMARTS) is 1. The lowest BCUT2D eigenvalue weighted by Gasteiger charge is -2.10. The largest absolute Gasteiger partial charge is 0.478 e. The molecule has 3 N–H and O–H groups in total. The number of rotatable bonds is 2. The normalized spacial score (nSPS) is 11.3. The molecule has 4 nitrogen and oxygen atoms in total. The van der Waals surface area contributed by atoms with Crippen molar-refractivity contribution < 1.29 is 23.1 Å². The molecule has 0 aliphatic rings. The average Bonchev–Trinajstić information content (AvgIpc) is 2.37. The Labute approximate surface area is 111 Å². The third-order valence-corrected chi connectivity index (χ3v) is 2.66. The number of benzene rings is 1. The number of hydrogen-bond acceptors (Lipinski definition) is 3. The van der Waals surface area contributed by atoms with Gasteiger partial charge >= 0.3 is 12.1 Å². The molecule has 0 saturated carbocycles. The Morgan fingerprint density at radius 2 is 1.95 bits per heavy atom. The van der Waals surface area contributed by atoms with E-state index in [1.54, 1.807) is 0 Å². The molecular formula is C13H9F3N2O2. The molecule has 0 aliphatic heterocycles. The van der Waals surface area contributed by atoms with Crippen LogP contribution in [0.15, 0.2) is 36.5 Å². The molecule has 1 heterocycles. The molecule has 1 aromatic carbocycles. The van der Waals surface area contributed by atoms with Crippen LogP contribution in [0.25, 0.3) is 11.1 Å². The number of nitrogens with zero attached hydrogens (tertiary/aromatic N) is 1. The summed E-state index contributed by atoms with van der Waals surface area (Å²) in [5, 5.41) is 9.08. The topological polar surface area (TPSA) is 76.2 Å². The fourth-order valence-electron chi connectivity index (χ4n) is 1.74. The summed E-state index contributed by atoms with van der Waals surface area (Å²) in [5.41, 5.74) is 4.53. The van der Waals surface area contributed by atoms with Crippen LogP contribution in [0.3, 0.4) is 0 Å². The van der Waals surface area contributed by atoms with Gasteiger partial charge in [0.1, 0.15) is 5.82 Å². The van der Waals surface area contributed by atoms with Crippen LogP contribution in [-0.4, -0.2) is 16.1 Å². The van der Waals surface area contributed by atoms with E-state index in [4.69, 9.17) is 10.8 Å². The molecular weight excluding hydrogens is 273 g/mol. The van der Waals surface area contributed by atoms with E-state index in [-0.39, 0.29) is 22.5 Å². The van der Waals surface area contributed by atoms with E-state index in [0.717, 1.165) is 24.4 Å². The first-order valence-electron chi connectivity index (χ1n) is 5.45. The molecule has 104 valence electrons. The number of nitrogen functional groups attached to an aromatic ring is 1. The van der Waals surface area contributed by atoms with Gasteiger partial charge in [-0.25, -0.2) is 9.78 Å². The minimum Gasteiger partial charge on any atom is -0.478 e. The Bertz CT molecular complexity index is 669. The standard InChI is InChI=1S/C13H9F3N2O2/c14-13(15,16)8-3-1-2-7(4-8)10-6-18-11(17)5-9(10)12(19)20/h1-6H,(H2,17,18)(H,19,20). The lowest BCUT2D eigenvalue weighted by molar-refractivity contribution is -0.137. The van der Waals surface area contributed by atoms with Crippen molar-refractivity contribution in [2.45, 2.75) is 6.18 Å². The van der Waals surface area contributed by atoms with Gasteiger partial charge in [-0.1, -0.05) is 12.1 Å². The van der Waals surface area contributed by atoms with Gasteiger partial charge in [0.25, 0.3) is 0 Å². The van der Waals surface area contributed by atoms with Crippen LogP contribution in [0.4, 0.5) is 19.0 Å². The van der Waals surface area contributed by atoms with Gasteiger partial charge in [-0.2, -0.15) is 13.2 Å². The van der Waals surface area contributed by atoms with E-state index in [9.17, 15) is 18.0 Å². The lowest BCUT2D eigenvalue weighted by atomic mass is 10.00. The van der Waals surface area contributed by atoms with Crippen molar-refractivity contribution in [3.8, 4) is 11.1 Å². The zero-order valence-electron chi connectivity index (χ0n) is 9.98. The lowest BCUT2D eigenvalue weighted by Crippen LogP contribution is -2.06. The Balaban J connectivity index is 2.60. The molecule has 0 spiro atoms. The molecule has 2 aromatic rings. The summed E-state index contributed by atoms with van der Waals surface area (Å²) in [4.78, 5) is 14.8. The van der Waals surface area contributed by atoms with Gasteiger partial charge in [0.2, 0.25) is 0 Å². The van der Waals surface area contributed by atoms with E-state index >= 15 is 0 Å². The maximum absolute atomic E-state index is 12.7. The van der Waals surface area contributed by atoms with Crippen LogP contribution in [0.2, 0.25) is 0 Å². The molecule has 0 bridgehead atoms. The summed E-state index contributed by atoms with van der Waals surface area (Å²) in [7, 11) is 0. The Morgan fingerprint density at radius 3 is 2.55 bits per heavy atom. The molecule has 20 heavy (non-hydrogen) atoms. The summed E-state index contributed by atoms with van der Waals surface area (Å²) >= 11 is 0. The Morgan fingerprint density at radius 1 is 1.25 bits per heavy atom. The molecule has 1 aromatic heterocycles. The van der Waals surface area contributed by atoms with Crippen LogP contribution in [0.5, 0.6) is 0 Å². The molecule has 0 aliphatic carbocycles. The predicted molar refractivity (Wildman–Crippen MR) is 66.0 cm³/mol. The first kappa shape index (κ1) is 13.9. The molecule has 0 saturated heterocycles. The SMILES string of the molecule is Nc1cc(C(=O)O)c(-c2cccc(C(F)(F)F)c2)cn1. The van der Waals surface area contributed by atoms with Gasteiger partial charge in [0.15, 0.2) is 0 Å². The smallest absolute Gasteiger partial charge is 0.416 e. The Kier molecular flexibility index (Phi) is 3.35. The third-order valence-electron chi connectivity index (χ3n) is 2.66. The second-order valence-electron chi connectivity index (χ2n) is 4.04. The van der Waals surface area contributed by atoms with Gasteiger partial charge in [-0.15, -0.1) is 0 Å². The third kappa shape index (κ3) is 2.71. The number of aromatic carboxylic acids is 1. The summed E-state index contributed by atoms with van der Waals surface area (Å²) in [6.07, 6.45) is -3.35. The average molecular weight is 282 g/mol. The number of halogens is 3. The van der Waals surface area contributed by atoms with E-state index in [1.165, 1.54) is 12.1 Å². The highest BCUT2D eigenvalue weighted by Gasteiger charge is 2.30. The van der Waals surface area contributed by atoms with Crippen LogP contribution in [-0.2, 0) is 6.18 Å². The van der Waals surface area contributed by atoms with Gasteiger partial charge in [-0.3, -0.25) is 0 Å². The van der Waals surface area contributed by atoms with Crippen LogP contribution < -0.4 is 5.73 Å². The van der Waals surface area contributed by atoms with Crippen molar-refractivity contribution in [1.82, 2.24) is 4.98 Å². The highest BCUT2D eigenvalue weighted by molar-refractivity contribution is 5.96. The predicted octanol–water partition coefficient (Wildman–Crippen LogP) is 3.05. The number of aromatic nitrogens is 1. The summed E-state index contributed by atoms with van der Waals surface area (Å²) in [5.74, 6) is -1.30. The fraction of sp³-hybridized carbons (Fsp3) is 0.0769. The van der Waals surface area contributed by atoms with Crippen molar-refractivity contribution in [3.05, 3.63) is 47.7 Å². The first-order valence-corrected chi connectivity index (χ1v) is 5.45. The minimum atomic E-state index is -4.50. The molecule has 0 unspecified atom stereocenters. The van der Waals surface area contributed by atoms with Crippen LogP contribution in [0.1, 0.15) is 15.9 Å². The molecule has 0 amide bonds. The number of alkyl halides is 3. The zero-order chi connectivity index (χ0) is 14.9. The highest BCUT2D eigenvalue weighted by atomic mass is 19.4. The number of hydrogen-bond donors (Lipinski definition) is 2. The first-order chi connectivity index (χ1) is 9.29. The number of pyridine rings is 1. The van der Waals surface area contributed by atoms with E-state index in [0.29, 0.717) is 0 Å². The summed E-state index contributed by atoms with van der Waals surface area (Å²) in [6.45, 7) is 0. The van der Waals surface area contributed by atoms with Gasteiger partial charge in [-0.05, 0) is 23.8 Å². The van der Waals surface area contributed by atoms with Crippen LogP contribution >= 0.6 is 0 Å². The van der Waals surface area contributed by atoms with Gasteiger partial charge in [0, 0.05) is 11.8 Å². The summed E-state index contributed by atoms with van der Waals surface area (Å²) < 4.78 is 38.0. The van der Waals surface area contributed by atoms with E-state index in [1.807, 2.05) is 0 Å².